The van der Waals surface area contributed by atoms with Crippen molar-refractivity contribution in [2.24, 2.45) is 0 Å². The molecule has 2 amide bonds. The van der Waals surface area contributed by atoms with E-state index in [2.05, 4.69) is 15.6 Å². The van der Waals surface area contributed by atoms with Crippen LogP contribution in [0.4, 0.5) is 5.69 Å². The summed E-state index contributed by atoms with van der Waals surface area (Å²) in [5.74, 6) is -1.36. The molecule has 0 atom stereocenters. The number of hydrogen-bond donors (Lipinski definition) is 2. The summed E-state index contributed by atoms with van der Waals surface area (Å²) in [4.78, 5) is 39.1. The Bertz CT molecular complexity index is 732. The highest BCUT2D eigenvalue weighted by Crippen LogP contribution is 2.10. The van der Waals surface area contributed by atoms with Gasteiger partial charge in [0, 0.05) is 30.2 Å². The molecule has 1 aromatic heterocycles. The fourth-order valence-electron chi connectivity index (χ4n) is 1.90. The number of pyridine rings is 1. The first kappa shape index (κ1) is 17.1. The number of ether oxygens (including phenoxy) is 1. The second kappa shape index (κ2) is 8.42. The molecule has 0 aliphatic carbocycles. The minimum Gasteiger partial charge on any atom is -0.452 e. The standard InChI is InChI=1S/C17H17N3O4/c1-2-19-16(22)12-5-3-7-14(9-12)20-15(21)11-24-17(23)13-6-4-8-18-10-13/h3-10H,2,11H2,1H3,(H,19,22)(H,20,21). The topological polar surface area (TPSA) is 97.4 Å². The van der Waals surface area contributed by atoms with E-state index in [9.17, 15) is 14.4 Å². The van der Waals surface area contributed by atoms with Crippen molar-refractivity contribution in [3.05, 3.63) is 59.9 Å². The Balaban J connectivity index is 1.89. The molecule has 0 saturated heterocycles. The molecule has 0 fully saturated rings. The Morgan fingerprint density at radius 3 is 2.62 bits per heavy atom. The quantitative estimate of drug-likeness (QED) is 0.786. The first-order chi connectivity index (χ1) is 11.6. The van der Waals surface area contributed by atoms with Crippen molar-refractivity contribution in [1.29, 1.82) is 0 Å². The molecule has 1 aromatic carbocycles. The SMILES string of the molecule is CCNC(=O)c1cccc(NC(=O)COC(=O)c2cccnc2)c1. The number of benzene rings is 1. The third-order valence-corrected chi connectivity index (χ3v) is 2.98. The number of rotatable bonds is 6. The van der Waals surface area contributed by atoms with Gasteiger partial charge in [0.05, 0.1) is 5.56 Å². The molecule has 124 valence electrons. The van der Waals surface area contributed by atoms with Crippen LogP contribution in [0.1, 0.15) is 27.6 Å². The Kier molecular flexibility index (Phi) is 6.01. The van der Waals surface area contributed by atoms with Crippen LogP contribution in [0.5, 0.6) is 0 Å². The number of hydrogen-bond acceptors (Lipinski definition) is 5. The second-order valence-electron chi connectivity index (χ2n) is 4.81. The Labute approximate surface area is 139 Å². The number of amides is 2. The zero-order chi connectivity index (χ0) is 17.4. The minimum absolute atomic E-state index is 0.225. The van der Waals surface area contributed by atoms with Crippen LogP contribution in [-0.2, 0) is 9.53 Å². The number of nitrogens with zero attached hydrogens (tertiary/aromatic N) is 1. The number of aromatic nitrogens is 1. The van der Waals surface area contributed by atoms with Gasteiger partial charge in [-0.2, -0.15) is 0 Å². The fraction of sp³-hybridized carbons (Fsp3) is 0.176. The molecule has 24 heavy (non-hydrogen) atoms. The maximum atomic E-state index is 11.9. The molecule has 7 nitrogen and oxygen atoms in total. The summed E-state index contributed by atoms with van der Waals surface area (Å²) in [5.41, 5.74) is 1.15. The van der Waals surface area contributed by atoms with Crippen molar-refractivity contribution in [2.75, 3.05) is 18.5 Å². The number of carbonyl (C=O) groups is 3. The maximum absolute atomic E-state index is 11.9. The minimum atomic E-state index is -0.630. The van der Waals surface area contributed by atoms with Crippen molar-refractivity contribution in [3.63, 3.8) is 0 Å². The van der Waals surface area contributed by atoms with Crippen LogP contribution in [0.2, 0.25) is 0 Å². The predicted molar refractivity (Wildman–Crippen MR) is 87.6 cm³/mol. The van der Waals surface area contributed by atoms with Crippen LogP contribution in [0.3, 0.4) is 0 Å². The first-order valence-electron chi connectivity index (χ1n) is 7.35. The number of esters is 1. The second-order valence-corrected chi connectivity index (χ2v) is 4.81. The fourth-order valence-corrected chi connectivity index (χ4v) is 1.90. The van der Waals surface area contributed by atoms with E-state index in [-0.39, 0.29) is 11.5 Å². The molecule has 2 aromatic rings. The first-order valence-corrected chi connectivity index (χ1v) is 7.35. The molecular weight excluding hydrogens is 310 g/mol. The summed E-state index contributed by atoms with van der Waals surface area (Å²) < 4.78 is 4.91. The number of carbonyl (C=O) groups excluding carboxylic acids is 3. The van der Waals surface area contributed by atoms with Gasteiger partial charge in [-0.05, 0) is 37.3 Å². The van der Waals surface area contributed by atoms with Crippen LogP contribution < -0.4 is 10.6 Å². The van der Waals surface area contributed by atoms with Crippen LogP contribution >= 0.6 is 0 Å². The van der Waals surface area contributed by atoms with Crippen LogP contribution in [0.15, 0.2) is 48.8 Å². The summed E-state index contributed by atoms with van der Waals surface area (Å²) in [5, 5.41) is 5.25. The van der Waals surface area contributed by atoms with Gasteiger partial charge in [-0.15, -0.1) is 0 Å². The van der Waals surface area contributed by atoms with Crippen molar-refractivity contribution >= 4 is 23.5 Å². The maximum Gasteiger partial charge on any atom is 0.340 e. The zero-order valence-corrected chi connectivity index (χ0v) is 13.1. The lowest BCUT2D eigenvalue weighted by molar-refractivity contribution is -0.119. The van der Waals surface area contributed by atoms with E-state index in [4.69, 9.17) is 4.74 Å². The number of anilines is 1. The van der Waals surface area contributed by atoms with Gasteiger partial charge in [-0.3, -0.25) is 14.6 Å². The zero-order valence-electron chi connectivity index (χ0n) is 13.1. The lowest BCUT2D eigenvalue weighted by Crippen LogP contribution is -2.23. The monoisotopic (exact) mass is 327 g/mol. The Hall–Kier alpha value is -3.22. The number of nitrogens with one attached hydrogen (secondary N) is 2. The Morgan fingerprint density at radius 1 is 1.12 bits per heavy atom. The molecular formula is C17H17N3O4. The van der Waals surface area contributed by atoms with E-state index in [0.717, 1.165) is 0 Å². The molecule has 0 saturated carbocycles. The molecule has 0 radical (unpaired) electrons. The summed E-state index contributed by atoms with van der Waals surface area (Å²) >= 11 is 0. The van der Waals surface area contributed by atoms with Gasteiger partial charge in [0.15, 0.2) is 6.61 Å². The normalized spacial score (nSPS) is 9.88. The van der Waals surface area contributed by atoms with E-state index in [1.165, 1.54) is 12.4 Å². The van der Waals surface area contributed by atoms with Gasteiger partial charge in [-0.25, -0.2) is 4.79 Å². The lowest BCUT2D eigenvalue weighted by Gasteiger charge is -2.08. The van der Waals surface area contributed by atoms with E-state index >= 15 is 0 Å². The van der Waals surface area contributed by atoms with Crippen molar-refractivity contribution in [2.45, 2.75) is 6.92 Å². The molecule has 2 rings (SSSR count). The summed E-state index contributed by atoms with van der Waals surface area (Å²) in [7, 11) is 0. The van der Waals surface area contributed by atoms with Crippen molar-refractivity contribution in [1.82, 2.24) is 10.3 Å². The van der Waals surface area contributed by atoms with Crippen LogP contribution in [-0.4, -0.2) is 35.9 Å². The molecule has 0 bridgehead atoms. The smallest absolute Gasteiger partial charge is 0.340 e. The molecule has 1 heterocycles. The highest BCUT2D eigenvalue weighted by molar-refractivity contribution is 5.98. The third-order valence-electron chi connectivity index (χ3n) is 2.98. The molecule has 0 spiro atoms. The lowest BCUT2D eigenvalue weighted by atomic mass is 10.2. The third kappa shape index (κ3) is 4.91. The van der Waals surface area contributed by atoms with Gasteiger partial charge in [-0.1, -0.05) is 6.07 Å². The van der Waals surface area contributed by atoms with Gasteiger partial charge in [0.1, 0.15) is 0 Å². The van der Waals surface area contributed by atoms with E-state index < -0.39 is 18.5 Å². The van der Waals surface area contributed by atoms with E-state index in [0.29, 0.717) is 17.8 Å². The van der Waals surface area contributed by atoms with E-state index in [1.54, 1.807) is 36.4 Å². The van der Waals surface area contributed by atoms with Crippen molar-refractivity contribution < 1.29 is 19.1 Å². The van der Waals surface area contributed by atoms with E-state index in [1.807, 2.05) is 6.92 Å². The summed E-state index contributed by atoms with van der Waals surface area (Å²) in [6, 6.07) is 9.63. The largest absolute Gasteiger partial charge is 0.452 e. The molecule has 0 aliphatic rings. The highest BCUT2D eigenvalue weighted by Gasteiger charge is 2.11. The average Bonchev–Trinajstić information content (AvgIpc) is 2.61. The highest BCUT2D eigenvalue weighted by atomic mass is 16.5. The molecule has 2 N–H and O–H groups in total. The van der Waals surface area contributed by atoms with Crippen molar-refractivity contribution in [3.8, 4) is 0 Å². The molecule has 0 unspecified atom stereocenters. The average molecular weight is 327 g/mol. The molecule has 7 heteroatoms. The van der Waals surface area contributed by atoms with Gasteiger partial charge < -0.3 is 15.4 Å². The van der Waals surface area contributed by atoms with Crippen LogP contribution in [0, 0.1) is 0 Å². The van der Waals surface area contributed by atoms with Gasteiger partial charge >= 0.3 is 5.97 Å². The Morgan fingerprint density at radius 2 is 1.92 bits per heavy atom. The van der Waals surface area contributed by atoms with Gasteiger partial charge in [0.2, 0.25) is 0 Å². The molecule has 0 aliphatic heterocycles. The predicted octanol–water partition coefficient (Wildman–Crippen LogP) is 1.63. The summed E-state index contributed by atoms with van der Waals surface area (Å²) in [6.07, 6.45) is 2.89. The van der Waals surface area contributed by atoms with Gasteiger partial charge in [0.25, 0.3) is 11.8 Å². The summed E-state index contributed by atoms with van der Waals surface area (Å²) in [6.45, 7) is 1.90. The van der Waals surface area contributed by atoms with Crippen LogP contribution in [0.25, 0.3) is 0 Å².